The highest BCUT2D eigenvalue weighted by atomic mass is 19.1. The fourth-order valence-corrected chi connectivity index (χ4v) is 2.22. The van der Waals surface area contributed by atoms with E-state index in [9.17, 15) is 8.78 Å². The van der Waals surface area contributed by atoms with Gasteiger partial charge < -0.3 is 15.4 Å². The van der Waals surface area contributed by atoms with Crippen molar-refractivity contribution in [3.8, 4) is 0 Å². The fraction of sp³-hybridized carbons (Fsp3) is 0.643. The molecule has 0 unspecified atom stereocenters. The van der Waals surface area contributed by atoms with Gasteiger partial charge in [-0.3, -0.25) is 0 Å². The summed E-state index contributed by atoms with van der Waals surface area (Å²) in [5.74, 6) is -1.17. The highest BCUT2D eigenvalue weighted by Gasteiger charge is 2.27. The molecule has 1 aliphatic heterocycles. The summed E-state index contributed by atoms with van der Waals surface area (Å²) < 4.78 is 32.5. The molecule has 0 atom stereocenters. The van der Waals surface area contributed by atoms with Crippen molar-refractivity contribution >= 4 is 11.6 Å². The smallest absolute Gasteiger partial charge is 0.168 e. The Morgan fingerprint density at radius 3 is 2.40 bits per heavy atom. The molecule has 0 bridgehead atoms. The Morgan fingerprint density at radius 2 is 1.80 bits per heavy atom. The first-order valence-electron chi connectivity index (χ1n) is 6.95. The Labute approximate surface area is 117 Å². The first kappa shape index (κ1) is 15.0. The predicted octanol–water partition coefficient (Wildman–Crippen LogP) is 3.02. The number of nitrogens with one attached hydrogen (secondary N) is 2. The molecule has 2 rings (SSSR count). The molecule has 1 fully saturated rings. The van der Waals surface area contributed by atoms with Gasteiger partial charge in [-0.2, -0.15) is 0 Å². The van der Waals surface area contributed by atoms with Gasteiger partial charge in [-0.1, -0.05) is 6.92 Å². The maximum absolute atomic E-state index is 13.7. The first-order chi connectivity index (χ1) is 9.54. The summed E-state index contributed by atoms with van der Waals surface area (Å²) in [6, 6.07) is 0.861. The Kier molecular flexibility index (Phi) is 4.75. The van der Waals surface area contributed by atoms with Gasteiger partial charge in [-0.25, -0.2) is 13.8 Å². The zero-order chi connectivity index (χ0) is 14.6. The van der Waals surface area contributed by atoms with Crippen molar-refractivity contribution in [1.29, 1.82) is 0 Å². The molecule has 0 aliphatic carbocycles. The van der Waals surface area contributed by atoms with Crippen LogP contribution < -0.4 is 10.6 Å². The molecule has 2 heterocycles. The molecule has 0 aromatic carbocycles. The average Bonchev–Trinajstić information content (AvgIpc) is 2.41. The maximum Gasteiger partial charge on any atom is 0.168 e. The van der Waals surface area contributed by atoms with Gasteiger partial charge in [-0.15, -0.1) is 0 Å². The normalized spacial score (nSPS) is 17.8. The van der Waals surface area contributed by atoms with Crippen LogP contribution in [-0.4, -0.2) is 31.3 Å². The van der Waals surface area contributed by atoms with E-state index in [0.717, 1.165) is 32.1 Å². The van der Waals surface area contributed by atoms with Crippen LogP contribution in [0.5, 0.6) is 0 Å². The zero-order valence-electron chi connectivity index (χ0n) is 11.9. The highest BCUT2D eigenvalue weighted by molar-refractivity contribution is 5.47. The quantitative estimate of drug-likeness (QED) is 0.873. The summed E-state index contributed by atoms with van der Waals surface area (Å²) in [5, 5.41) is 5.78. The topological polar surface area (TPSA) is 46.2 Å². The van der Waals surface area contributed by atoms with Crippen molar-refractivity contribution < 1.29 is 13.5 Å². The lowest BCUT2D eigenvalue weighted by Crippen LogP contribution is -2.33. The molecule has 0 spiro atoms. The largest absolute Gasteiger partial charge is 0.381 e. The predicted molar refractivity (Wildman–Crippen MR) is 75.0 cm³/mol. The van der Waals surface area contributed by atoms with Crippen LogP contribution in [0.2, 0.25) is 0 Å². The standard InChI is InChI=1S/C14H21F2N3O/c1-3-17-12-10(15)8-11(16)13(19-12)18-9-14(2)4-6-20-7-5-14/h8H,3-7,9H2,1-2H3,(H2,17,18,19). The molecular weight excluding hydrogens is 264 g/mol. The number of aromatic nitrogens is 1. The van der Waals surface area contributed by atoms with Gasteiger partial charge in [0.15, 0.2) is 23.3 Å². The molecule has 0 radical (unpaired) electrons. The Morgan fingerprint density at radius 1 is 1.20 bits per heavy atom. The fourth-order valence-electron chi connectivity index (χ4n) is 2.22. The molecule has 20 heavy (non-hydrogen) atoms. The number of halogens is 2. The number of anilines is 2. The van der Waals surface area contributed by atoms with E-state index in [2.05, 4.69) is 22.5 Å². The molecule has 0 amide bonds. The van der Waals surface area contributed by atoms with Gasteiger partial charge >= 0.3 is 0 Å². The number of hydrogen-bond acceptors (Lipinski definition) is 4. The summed E-state index contributed by atoms with van der Waals surface area (Å²) in [5.41, 5.74) is 0.0547. The number of rotatable bonds is 5. The van der Waals surface area contributed by atoms with Crippen LogP contribution in [0, 0.1) is 17.0 Å². The summed E-state index contributed by atoms with van der Waals surface area (Å²) in [7, 11) is 0. The van der Waals surface area contributed by atoms with Crippen molar-refractivity contribution in [2.45, 2.75) is 26.7 Å². The van der Waals surface area contributed by atoms with Crippen LogP contribution in [0.1, 0.15) is 26.7 Å². The maximum atomic E-state index is 13.7. The third-order valence-electron chi connectivity index (χ3n) is 3.66. The lowest BCUT2D eigenvalue weighted by molar-refractivity contribution is 0.0299. The van der Waals surface area contributed by atoms with Crippen LogP contribution in [0.25, 0.3) is 0 Å². The first-order valence-corrected chi connectivity index (χ1v) is 6.95. The van der Waals surface area contributed by atoms with Crippen LogP contribution in [0.15, 0.2) is 6.07 Å². The Hall–Kier alpha value is -1.43. The molecule has 0 saturated carbocycles. The van der Waals surface area contributed by atoms with E-state index in [4.69, 9.17) is 4.74 Å². The molecule has 1 aliphatic rings. The van der Waals surface area contributed by atoms with Crippen molar-refractivity contribution in [2.24, 2.45) is 5.41 Å². The summed E-state index contributed by atoms with van der Waals surface area (Å²) in [6.45, 7) is 6.54. The second kappa shape index (κ2) is 6.35. The van der Waals surface area contributed by atoms with Crippen molar-refractivity contribution in [1.82, 2.24) is 4.98 Å². The molecule has 112 valence electrons. The van der Waals surface area contributed by atoms with Gasteiger partial charge in [0.05, 0.1) is 0 Å². The van der Waals surface area contributed by atoms with E-state index in [-0.39, 0.29) is 17.1 Å². The molecule has 4 nitrogen and oxygen atoms in total. The van der Waals surface area contributed by atoms with E-state index in [1.165, 1.54) is 0 Å². The Balaban J connectivity index is 2.06. The average molecular weight is 285 g/mol. The number of ether oxygens (including phenoxy) is 1. The van der Waals surface area contributed by atoms with Crippen LogP contribution in [-0.2, 0) is 4.74 Å². The second-order valence-corrected chi connectivity index (χ2v) is 5.46. The molecular formula is C14H21F2N3O. The third kappa shape index (κ3) is 3.56. The lowest BCUT2D eigenvalue weighted by Gasteiger charge is -2.33. The van der Waals surface area contributed by atoms with E-state index < -0.39 is 11.6 Å². The van der Waals surface area contributed by atoms with Crippen LogP contribution in [0.3, 0.4) is 0 Å². The highest BCUT2D eigenvalue weighted by Crippen LogP contribution is 2.30. The van der Waals surface area contributed by atoms with Crippen molar-refractivity contribution in [2.75, 3.05) is 36.9 Å². The van der Waals surface area contributed by atoms with Gasteiger partial charge in [-0.05, 0) is 25.2 Å². The number of pyridine rings is 1. The van der Waals surface area contributed by atoms with Crippen LogP contribution >= 0.6 is 0 Å². The molecule has 1 aromatic heterocycles. The zero-order valence-corrected chi connectivity index (χ0v) is 11.9. The molecule has 1 saturated heterocycles. The van der Waals surface area contributed by atoms with Gasteiger partial charge in [0.1, 0.15) is 0 Å². The van der Waals surface area contributed by atoms with Crippen LogP contribution in [0.4, 0.5) is 20.4 Å². The van der Waals surface area contributed by atoms with E-state index in [1.807, 2.05) is 6.92 Å². The van der Waals surface area contributed by atoms with E-state index in [0.29, 0.717) is 13.1 Å². The third-order valence-corrected chi connectivity index (χ3v) is 3.66. The molecule has 6 heteroatoms. The summed E-state index contributed by atoms with van der Waals surface area (Å²) in [6.07, 6.45) is 1.84. The van der Waals surface area contributed by atoms with Gasteiger partial charge in [0, 0.05) is 32.4 Å². The van der Waals surface area contributed by atoms with Gasteiger partial charge in [0.2, 0.25) is 0 Å². The molecule has 1 aromatic rings. The summed E-state index contributed by atoms with van der Waals surface area (Å²) in [4.78, 5) is 3.97. The minimum atomic E-state index is -0.674. The number of nitrogens with zero attached hydrogens (tertiary/aromatic N) is 1. The van der Waals surface area contributed by atoms with E-state index in [1.54, 1.807) is 0 Å². The summed E-state index contributed by atoms with van der Waals surface area (Å²) >= 11 is 0. The van der Waals surface area contributed by atoms with E-state index >= 15 is 0 Å². The SMILES string of the molecule is CCNc1nc(NCC2(C)CCOCC2)c(F)cc1F. The van der Waals surface area contributed by atoms with Crippen molar-refractivity contribution in [3.63, 3.8) is 0 Å². The second-order valence-electron chi connectivity index (χ2n) is 5.46. The van der Waals surface area contributed by atoms with Gasteiger partial charge in [0.25, 0.3) is 0 Å². The van der Waals surface area contributed by atoms with Crippen molar-refractivity contribution in [3.05, 3.63) is 17.7 Å². The number of hydrogen-bond donors (Lipinski definition) is 2. The molecule has 2 N–H and O–H groups in total. The minimum Gasteiger partial charge on any atom is -0.381 e. The Bertz CT molecular complexity index is 462. The minimum absolute atomic E-state index is 0.0547. The monoisotopic (exact) mass is 285 g/mol. The lowest BCUT2D eigenvalue weighted by atomic mass is 9.82.